The van der Waals surface area contributed by atoms with Crippen molar-refractivity contribution >= 4 is 33.2 Å². The van der Waals surface area contributed by atoms with E-state index in [-0.39, 0.29) is 12.0 Å². The Balaban J connectivity index is 0.837. The van der Waals surface area contributed by atoms with Gasteiger partial charge < -0.3 is 9.47 Å². The van der Waals surface area contributed by atoms with Crippen LogP contribution in [0.4, 0.5) is 11.4 Å². The second kappa shape index (κ2) is 14.9. The van der Waals surface area contributed by atoms with Crippen molar-refractivity contribution in [3.63, 3.8) is 0 Å². The molecule has 292 valence electrons. The monoisotopic (exact) mass is 792 g/mol. The van der Waals surface area contributed by atoms with Gasteiger partial charge in [0.15, 0.2) is 5.82 Å². The number of aromatic nitrogens is 3. The molecular weight excluding hydrogens is 753 g/mol. The normalized spacial score (nSPS) is 15.3. The summed E-state index contributed by atoms with van der Waals surface area (Å²) >= 11 is 0. The molecule has 1 aliphatic carbocycles. The van der Waals surface area contributed by atoms with Crippen LogP contribution < -0.4 is 4.90 Å². The highest BCUT2D eigenvalue weighted by Gasteiger charge is 2.37. The molecule has 2 aromatic heterocycles. The summed E-state index contributed by atoms with van der Waals surface area (Å²) in [6.07, 6.45) is 10.9. The lowest BCUT2D eigenvalue weighted by molar-refractivity contribution is 0.745. The molecule has 8 aromatic carbocycles. The van der Waals surface area contributed by atoms with E-state index >= 15 is 0 Å². The molecule has 0 N–H and O–H groups in total. The molecule has 2 atom stereocenters. The van der Waals surface area contributed by atoms with Gasteiger partial charge >= 0.3 is 0 Å². The number of fused-ring (bicyclic) bond motifs is 6. The highest BCUT2D eigenvalue weighted by atomic mass is 15.2. The fourth-order valence-corrected chi connectivity index (χ4v) is 9.60. The van der Waals surface area contributed by atoms with Crippen LogP contribution in [0.5, 0.6) is 0 Å². The molecule has 0 bridgehead atoms. The Kier molecular flexibility index (Phi) is 8.60. The number of allylic oxidation sites excluding steroid dienone is 2. The van der Waals surface area contributed by atoms with Crippen LogP contribution in [-0.2, 0) is 0 Å². The van der Waals surface area contributed by atoms with E-state index in [9.17, 15) is 0 Å². The molecule has 10 aromatic rings. The molecule has 1 aliphatic heterocycles. The number of hydrogen-bond donors (Lipinski definition) is 0. The summed E-state index contributed by atoms with van der Waals surface area (Å²) in [5, 5.41) is 2.52. The minimum Gasteiger partial charge on any atom is -0.333 e. The molecule has 0 radical (unpaired) electrons. The van der Waals surface area contributed by atoms with Crippen LogP contribution in [0.3, 0.4) is 0 Å². The van der Waals surface area contributed by atoms with Crippen LogP contribution in [0.25, 0.3) is 83.5 Å². The van der Waals surface area contributed by atoms with Gasteiger partial charge in [0.25, 0.3) is 0 Å². The summed E-state index contributed by atoms with van der Waals surface area (Å²) in [6.45, 7) is 0. The quantitative estimate of drug-likeness (QED) is 0.161. The Hall–Kier alpha value is -8.08. The Labute approximate surface area is 361 Å². The predicted octanol–water partition coefficient (Wildman–Crippen LogP) is 14.6. The summed E-state index contributed by atoms with van der Waals surface area (Å²) < 4.78 is 2.37. The lowest BCUT2D eigenvalue weighted by Crippen LogP contribution is -2.28. The molecular formula is C58H40N4. The van der Waals surface area contributed by atoms with E-state index in [0.717, 1.165) is 28.1 Å². The largest absolute Gasteiger partial charge is 0.333 e. The summed E-state index contributed by atoms with van der Waals surface area (Å²) in [5.41, 5.74) is 17.5. The smallest absolute Gasteiger partial charge is 0.159 e. The van der Waals surface area contributed by atoms with Crippen LogP contribution in [-0.4, -0.2) is 20.6 Å². The number of anilines is 2. The van der Waals surface area contributed by atoms with Gasteiger partial charge in [-0.15, -0.1) is 0 Å². The molecule has 0 fully saturated rings. The first-order valence-electron chi connectivity index (χ1n) is 21.3. The topological polar surface area (TPSA) is 34.0 Å². The molecule has 4 heteroatoms. The average molecular weight is 793 g/mol. The zero-order valence-corrected chi connectivity index (χ0v) is 33.9. The number of nitrogens with zero attached hydrogens (tertiary/aromatic N) is 4. The molecule has 4 nitrogen and oxygen atoms in total. The molecule has 0 amide bonds. The van der Waals surface area contributed by atoms with Crippen molar-refractivity contribution < 1.29 is 0 Å². The van der Waals surface area contributed by atoms with E-state index in [0.29, 0.717) is 5.82 Å². The highest BCUT2D eigenvalue weighted by Crippen LogP contribution is 2.49. The van der Waals surface area contributed by atoms with E-state index in [1.54, 1.807) is 0 Å². The van der Waals surface area contributed by atoms with Crippen molar-refractivity contribution in [2.75, 3.05) is 4.90 Å². The summed E-state index contributed by atoms with van der Waals surface area (Å²) in [4.78, 5) is 12.3. The third-order valence-corrected chi connectivity index (χ3v) is 12.6. The third kappa shape index (κ3) is 6.15. The molecule has 62 heavy (non-hydrogen) atoms. The maximum Gasteiger partial charge on any atom is 0.159 e. The highest BCUT2D eigenvalue weighted by molar-refractivity contribution is 6.10. The number of para-hydroxylation sites is 2. The van der Waals surface area contributed by atoms with Crippen molar-refractivity contribution in [3.8, 4) is 61.7 Å². The molecule has 0 spiro atoms. The molecule has 0 saturated carbocycles. The van der Waals surface area contributed by atoms with Crippen LogP contribution in [0.1, 0.15) is 11.5 Å². The van der Waals surface area contributed by atoms with Gasteiger partial charge in [0.05, 0.1) is 22.8 Å². The first-order valence-corrected chi connectivity index (χ1v) is 21.3. The Morgan fingerprint density at radius 2 is 1.02 bits per heavy atom. The van der Waals surface area contributed by atoms with E-state index in [2.05, 4.69) is 228 Å². The van der Waals surface area contributed by atoms with Crippen LogP contribution in [0, 0.1) is 0 Å². The summed E-state index contributed by atoms with van der Waals surface area (Å²) in [5.74, 6) is 0.955. The van der Waals surface area contributed by atoms with Crippen molar-refractivity contribution in [3.05, 3.63) is 236 Å². The molecule has 0 saturated heterocycles. The Morgan fingerprint density at radius 1 is 0.403 bits per heavy atom. The fraction of sp³-hybridized carbons (Fsp3) is 0.0345. The molecule has 2 aliphatic rings. The van der Waals surface area contributed by atoms with Crippen LogP contribution in [0.15, 0.2) is 231 Å². The van der Waals surface area contributed by atoms with Gasteiger partial charge in [0, 0.05) is 51.1 Å². The van der Waals surface area contributed by atoms with Crippen molar-refractivity contribution in [2.45, 2.75) is 12.0 Å². The van der Waals surface area contributed by atoms with Gasteiger partial charge in [0.1, 0.15) is 0 Å². The Bertz CT molecular complexity index is 3340. The standard InChI is InChI=1S/C58H40N4/c1-3-12-39(13-4-1)40-22-24-41(25-23-40)43-14-11-15-46(36-43)53-34-35-59-58(60-53)42-26-30-48(31-27-42)62-55-21-10-8-19-50(55)52-38-45(29-33-57(52)62)44-28-32-56-51(37-44)49-18-7-9-20-54(49)61(56)47-16-5-2-6-17-47/h1-38,50,55H. The first kappa shape index (κ1) is 35.8. The minimum atomic E-state index is 0.184. The van der Waals surface area contributed by atoms with Crippen molar-refractivity contribution in [1.29, 1.82) is 0 Å². The van der Waals surface area contributed by atoms with E-state index in [4.69, 9.17) is 9.97 Å². The molecule has 2 unspecified atom stereocenters. The molecule has 3 heterocycles. The molecule has 12 rings (SSSR count). The van der Waals surface area contributed by atoms with Crippen LogP contribution in [0.2, 0.25) is 0 Å². The van der Waals surface area contributed by atoms with E-state index in [1.807, 2.05) is 12.3 Å². The number of rotatable bonds is 7. The van der Waals surface area contributed by atoms with E-state index < -0.39 is 0 Å². The third-order valence-electron chi connectivity index (χ3n) is 12.6. The maximum absolute atomic E-state index is 5.07. The summed E-state index contributed by atoms with van der Waals surface area (Å²) in [6, 6.07) is 72.1. The van der Waals surface area contributed by atoms with Crippen molar-refractivity contribution in [1.82, 2.24) is 14.5 Å². The SMILES string of the molecule is C1=CC2c3cc(-c4ccc5c(c4)c4ccccc4n5-c4ccccc4)ccc3N(c3ccc(-c4nccc(-c5cccc(-c6ccc(-c7ccccc7)cc6)c5)n4)cc3)C2C=C1. The average Bonchev–Trinajstić information content (AvgIpc) is 3.87. The van der Waals surface area contributed by atoms with E-state index in [1.165, 1.54) is 66.6 Å². The van der Waals surface area contributed by atoms with Gasteiger partial charge in [-0.3, -0.25) is 0 Å². The zero-order chi connectivity index (χ0) is 41.0. The van der Waals surface area contributed by atoms with Gasteiger partial charge in [-0.25, -0.2) is 9.97 Å². The van der Waals surface area contributed by atoms with Gasteiger partial charge in [-0.2, -0.15) is 0 Å². The lowest BCUT2D eigenvalue weighted by Gasteiger charge is -2.28. The van der Waals surface area contributed by atoms with Gasteiger partial charge in [-0.1, -0.05) is 146 Å². The van der Waals surface area contributed by atoms with Gasteiger partial charge in [-0.05, 0) is 118 Å². The first-order chi connectivity index (χ1) is 30.7. The lowest BCUT2D eigenvalue weighted by atomic mass is 9.89. The number of benzene rings is 8. The second-order valence-electron chi connectivity index (χ2n) is 16.2. The predicted molar refractivity (Wildman–Crippen MR) is 257 cm³/mol. The number of hydrogen-bond acceptors (Lipinski definition) is 3. The minimum absolute atomic E-state index is 0.184. The van der Waals surface area contributed by atoms with Gasteiger partial charge in [0.2, 0.25) is 0 Å². The Morgan fingerprint density at radius 3 is 1.85 bits per heavy atom. The summed E-state index contributed by atoms with van der Waals surface area (Å²) in [7, 11) is 0. The second-order valence-corrected chi connectivity index (χ2v) is 16.2. The van der Waals surface area contributed by atoms with Crippen molar-refractivity contribution in [2.24, 2.45) is 0 Å². The zero-order valence-electron chi connectivity index (χ0n) is 33.9. The fourth-order valence-electron chi connectivity index (χ4n) is 9.60. The van der Waals surface area contributed by atoms with Crippen LogP contribution >= 0.6 is 0 Å². The maximum atomic E-state index is 5.07.